The van der Waals surface area contributed by atoms with Crippen molar-refractivity contribution in [3.63, 3.8) is 0 Å². The maximum absolute atomic E-state index is 12.5. The third-order valence-corrected chi connectivity index (χ3v) is 1.22. The number of nitriles is 1. The summed E-state index contributed by atoms with van der Waals surface area (Å²) in [6.45, 7) is 1.67. The van der Waals surface area contributed by atoms with E-state index in [1.165, 1.54) is 6.20 Å². The molecule has 0 bridgehead atoms. The van der Waals surface area contributed by atoms with Gasteiger partial charge in [-0.1, -0.05) is 0 Å². The molecule has 0 aliphatic rings. The van der Waals surface area contributed by atoms with Crippen LogP contribution in [-0.2, 0) is 0 Å². The lowest BCUT2D eigenvalue weighted by molar-refractivity contribution is 0.578. The summed E-state index contributed by atoms with van der Waals surface area (Å²) in [6.07, 6.45) is 1.34. The van der Waals surface area contributed by atoms with Crippen molar-refractivity contribution in [1.82, 2.24) is 4.98 Å². The highest BCUT2D eigenvalue weighted by molar-refractivity contribution is 5.34. The van der Waals surface area contributed by atoms with Crippen LogP contribution in [0.2, 0.25) is 0 Å². The predicted molar refractivity (Wildman–Crippen MR) is 33.6 cm³/mol. The minimum atomic E-state index is -0.692. The molecule has 0 spiro atoms. The van der Waals surface area contributed by atoms with E-state index in [0.29, 0.717) is 5.56 Å². The number of aromatic nitrogens is 1. The standard InChI is InChI=1S/C7H5FN2/c1-5-2-3-10-7(8)6(5)4-9/h2-3H,1H3. The van der Waals surface area contributed by atoms with Crippen LogP contribution < -0.4 is 0 Å². The zero-order valence-electron chi connectivity index (χ0n) is 5.43. The summed E-state index contributed by atoms with van der Waals surface area (Å²) < 4.78 is 12.5. The minimum absolute atomic E-state index is 0.0301. The van der Waals surface area contributed by atoms with Crippen LogP contribution in [0.25, 0.3) is 0 Å². The van der Waals surface area contributed by atoms with Gasteiger partial charge in [0.15, 0.2) is 0 Å². The van der Waals surface area contributed by atoms with E-state index in [-0.39, 0.29) is 5.56 Å². The second-order valence-corrected chi connectivity index (χ2v) is 1.91. The van der Waals surface area contributed by atoms with E-state index in [2.05, 4.69) is 4.98 Å². The number of halogens is 1. The van der Waals surface area contributed by atoms with Gasteiger partial charge in [0.05, 0.1) is 0 Å². The van der Waals surface area contributed by atoms with Crippen LogP contribution in [0, 0.1) is 24.2 Å². The quantitative estimate of drug-likeness (QED) is 0.505. The van der Waals surface area contributed by atoms with Crippen LogP contribution in [0.15, 0.2) is 12.3 Å². The largest absolute Gasteiger partial charge is 0.231 e. The average molecular weight is 136 g/mol. The summed E-state index contributed by atoms with van der Waals surface area (Å²) in [7, 11) is 0. The number of rotatable bonds is 0. The Morgan fingerprint density at radius 3 is 2.80 bits per heavy atom. The Labute approximate surface area is 57.9 Å². The van der Waals surface area contributed by atoms with Gasteiger partial charge in [0.25, 0.3) is 0 Å². The lowest BCUT2D eigenvalue weighted by atomic mass is 10.2. The highest BCUT2D eigenvalue weighted by Crippen LogP contribution is 2.06. The fourth-order valence-corrected chi connectivity index (χ4v) is 0.659. The monoisotopic (exact) mass is 136 g/mol. The molecule has 0 unspecified atom stereocenters. The molecule has 0 aliphatic heterocycles. The number of hydrogen-bond acceptors (Lipinski definition) is 2. The summed E-state index contributed by atoms with van der Waals surface area (Å²) in [5.41, 5.74) is 0.650. The van der Waals surface area contributed by atoms with E-state index >= 15 is 0 Å². The highest BCUT2D eigenvalue weighted by atomic mass is 19.1. The molecule has 50 valence electrons. The summed E-state index contributed by atoms with van der Waals surface area (Å²) in [5.74, 6) is -0.692. The van der Waals surface area contributed by atoms with Crippen molar-refractivity contribution < 1.29 is 4.39 Å². The van der Waals surface area contributed by atoms with Gasteiger partial charge in [-0.15, -0.1) is 0 Å². The molecule has 0 N–H and O–H groups in total. The first-order chi connectivity index (χ1) is 4.75. The van der Waals surface area contributed by atoms with Gasteiger partial charge in [-0.2, -0.15) is 9.65 Å². The smallest absolute Gasteiger partial charge is 0.227 e. The van der Waals surface area contributed by atoms with Crippen molar-refractivity contribution in [1.29, 1.82) is 5.26 Å². The Balaban J connectivity index is 3.34. The van der Waals surface area contributed by atoms with Crippen molar-refractivity contribution in [2.24, 2.45) is 0 Å². The van der Waals surface area contributed by atoms with Gasteiger partial charge >= 0.3 is 0 Å². The van der Waals surface area contributed by atoms with Crippen molar-refractivity contribution in [2.75, 3.05) is 0 Å². The van der Waals surface area contributed by atoms with Gasteiger partial charge in [0.2, 0.25) is 5.95 Å². The molecule has 0 radical (unpaired) electrons. The molecule has 0 aromatic carbocycles. The molecule has 1 rings (SSSR count). The van der Waals surface area contributed by atoms with E-state index in [1.807, 2.05) is 0 Å². The molecule has 0 atom stereocenters. The number of aryl methyl sites for hydroxylation is 1. The summed E-state index contributed by atoms with van der Waals surface area (Å²) in [6, 6.07) is 3.32. The fraction of sp³-hybridized carbons (Fsp3) is 0.143. The number of pyridine rings is 1. The maximum Gasteiger partial charge on any atom is 0.231 e. The van der Waals surface area contributed by atoms with Crippen LogP contribution in [0.5, 0.6) is 0 Å². The van der Waals surface area contributed by atoms with Crippen LogP contribution in [0.3, 0.4) is 0 Å². The molecule has 0 saturated heterocycles. The molecule has 0 saturated carbocycles. The molecule has 1 aromatic heterocycles. The molecule has 1 heterocycles. The lowest BCUT2D eigenvalue weighted by Gasteiger charge is -1.93. The second kappa shape index (κ2) is 2.44. The topological polar surface area (TPSA) is 36.7 Å². The SMILES string of the molecule is Cc1ccnc(F)c1C#N. The van der Waals surface area contributed by atoms with Crippen LogP contribution in [0.4, 0.5) is 4.39 Å². The molecule has 10 heavy (non-hydrogen) atoms. The first kappa shape index (κ1) is 6.69. The van der Waals surface area contributed by atoms with Crippen LogP contribution in [0.1, 0.15) is 11.1 Å². The first-order valence-corrected chi connectivity index (χ1v) is 2.77. The predicted octanol–water partition coefficient (Wildman–Crippen LogP) is 1.40. The Kier molecular flexibility index (Phi) is 1.63. The average Bonchev–Trinajstić information content (AvgIpc) is 1.88. The normalized spacial score (nSPS) is 8.90. The zero-order valence-corrected chi connectivity index (χ0v) is 5.43. The molecule has 3 heteroatoms. The Morgan fingerprint density at radius 2 is 2.40 bits per heavy atom. The Morgan fingerprint density at radius 1 is 1.70 bits per heavy atom. The lowest BCUT2D eigenvalue weighted by Crippen LogP contribution is -1.90. The van der Waals surface area contributed by atoms with Gasteiger partial charge in [0, 0.05) is 6.20 Å². The number of hydrogen-bond donors (Lipinski definition) is 0. The maximum atomic E-state index is 12.5. The van der Waals surface area contributed by atoms with E-state index in [9.17, 15) is 4.39 Å². The van der Waals surface area contributed by atoms with Crippen LogP contribution in [-0.4, -0.2) is 4.98 Å². The van der Waals surface area contributed by atoms with E-state index in [1.54, 1.807) is 19.1 Å². The first-order valence-electron chi connectivity index (χ1n) is 2.77. The van der Waals surface area contributed by atoms with Crippen LogP contribution >= 0.6 is 0 Å². The highest BCUT2D eigenvalue weighted by Gasteiger charge is 2.03. The van der Waals surface area contributed by atoms with E-state index < -0.39 is 5.95 Å². The molecule has 0 aliphatic carbocycles. The Bertz CT molecular complexity index is 268. The molecule has 1 aromatic rings. The van der Waals surface area contributed by atoms with Crippen molar-refractivity contribution >= 4 is 0 Å². The zero-order chi connectivity index (χ0) is 7.56. The van der Waals surface area contributed by atoms with E-state index in [0.717, 1.165) is 0 Å². The third kappa shape index (κ3) is 0.960. The van der Waals surface area contributed by atoms with Crippen molar-refractivity contribution in [3.05, 3.63) is 29.3 Å². The molecule has 0 fully saturated rings. The van der Waals surface area contributed by atoms with Gasteiger partial charge in [-0.25, -0.2) is 4.98 Å². The Hall–Kier alpha value is -1.43. The van der Waals surface area contributed by atoms with Gasteiger partial charge in [0.1, 0.15) is 11.6 Å². The molecule has 0 amide bonds. The van der Waals surface area contributed by atoms with Crippen molar-refractivity contribution in [2.45, 2.75) is 6.92 Å². The van der Waals surface area contributed by atoms with Gasteiger partial charge < -0.3 is 0 Å². The molecular formula is C7H5FN2. The van der Waals surface area contributed by atoms with E-state index in [4.69, 9.17) is 5.26 Å². The van der Waals surface area contributed by atoms with Gasteiger partial charge in [-0.3, -0.25) is 0 Å². The van der Waals surface area contributed by atoms with Gasteiger partial charge in [-0.05, 0) is 18.6 Å². The fourth-order valence-electron chi connectivity index (χ4n) is 0.659. The summed E-state index contributed by atoms with van der Waals surface area (Å²) >= 11 is 0. The minimum Gasteiger partial charge on any atom is -0.227 e. The third-order valence-electron chi connectivity index (χ3n) is 1.22. The molecule has 2 nitrogen and oxygen atoms in total. The van der Waals surface area contributed by atoms with Crippen molar-refractivity contribution in [3.8, 4) is 6.07 Å². The summed E-state index contributed by atoms with van der Waals surface area (Å²) in [5, 5.41) is 8.37. The molecular weight excluding hydrogens is 131 g/mol. The summed E-state index contributed by atoms with van der Waals surface area (Å²) in [4.78, 5) is 3.32. The second-order valence-electron chi connectivity index (χ2n) is 1.91. The number of nitrogens with zero attached hydrogens (tertiary/aromatic N) is 2.